The fraction of sp³-hybridized carbons (Fsp3) is 0.0909. The minimum atomic E-state index is 0.543. The summed E-state index contributed by atoms with van der Waals surface area (Å²) >= 11 is 6.02. The molecule has 16 heavy (non-hydrogen) atoms. The van der Waals surface area contributed by atoms with Gasteiger partial charge in [0.1, 0.15) is 0 Å². The molecule has 5 heteroatoms. The Morgan fingerprint density at radius 3 is 2.81 bits per heavy atom. The van der Waals surface area contributed by atoms with Crippen molar-refractivity contribution in [3.05, 3.63) is 47.2 Å². The molecule has 0 atom stereocenters. The molecule has 0 spiro atoms. The molecule has 0 aliphatic carbocycles. The molecule has 2 aromatic rings. The highest BCUT2D eigenvalue weighted by atomic mass is 35.5. The number of nitrogens with two attached hydrogens (primary N) is 1. The van der Waals surface area contributed by atoms with Gasteiger partial charge in [0, 0.05) is 6.20 Å². The monoisotopic (exact) mass is 234 g/mol. The van der Waals surface area contributed by atoms with E-state index in [0.29, 0.717) is 17.3 Å². The predicted octanol–water partition coefficient (Wildman–Crippen LogP) is 2.32. The van der Waals surface area contributed by atoms with E-state index in [0.717, 1.165) is 11.4 Å². The second kappa shape index (κ2) is 4.81. The smallest absolute Gasteiger partial charge is 0.0821 e. The second-order valence-corrected chi connectivity index (χ2v) is 3.68. The van der Waals surface area contributed by atoms with Gasteiger partial charge in [-0.15, -0.1) is 0 Å². The van der Waals surface area contributed by atoms with Gasteiger partial charge in [-0.05, 0) is 24.3 Å². The Bertz CT molecular complexity index is 452. The average Bonchev–Trinajstić information content (AvgIpc) is 2.30. The van der Waals surface area contributed by atoms with Crippen LogP contribution < -0.4 is 11.1 Å². The molecule has 0 radical (unpaired) electrons. The topological polar surface area (TPSA) is 63.8 Å². The number of halogens is 1. The fourth-order valence-electron chi connectivity index (χ4n) is 1.33. The second-order valence-electron chi connectivity index (χ2n) is 3.27. The Hall–Kier alpha value is -1.81. The first kappa shape index (κ1) is 10.7. The van der Waals surface area contributed by atoms with Crippen molar-refractivity contribution in [3.8, 4) is 0 Å². The van der Waals surface area contributed by atoms with Crippen molar-refractivity contribution in [1.82, 2.24) is 10.2 Å². The molecule has 0 aliphatic rings. The number of hydrogen-bond acceptors (Lipinski definition) is 4. The first-order valence-corrected chi connectivity index (χ1v) is 5.19. The van der Waals surface area contributed by atoms with Crippen molar-refractivity contribution in [2.24, 2.45) is 0 Å². The average molecular weight is 235 g/mol. The lowest BCUT2D eigenvalue weighted by Crippen LogP contribution is -2.04. The zero-order valence-electron chi connectivity index (χ0n) is 8.52. The molecular weight excluding hydrogens is 224 g/mol. The van der Waals surface area contributed by atoms with E-state index in [9.17, 15) is 0 Å². The third-order valence-corrected chi connectivity index (χ3v) is 2.43. The van der Waals surface area contributed by atoms with Crippen LogP contribution >= 0.6 is 11.6 Å². The zero-order valence-corrected chi connectivity index (χ0v) is 9.28. The summed E-state index contributed by atoms with van der Waals surface area (Å²) in [5, 5.41) is 11.5. The van der Waals surface area contributed by atoms with Crippen LogP contribution in [0, 0.1) is 0 Å². The predicted molar refractivity (Wildman–Crippen MR) is 65.2 cm³/mol. The number of hydrogen-bond donors (Lipinski definition) is 2. The highest BCUT2D eigenvalue weighted by Gasteiger charge is 2.03. The molecule has 0 saturated heterocycles. The van der Waals surface area contributed by atoms with Gasteiger partial charge in [0.2, 0.25) is 0 Å². The summed E-state index contributed by atoms with van der Waals surface area (Å²) in [6.07, 6.45) is 1.63. The van der Waals surface area contributed by atoms with E-state index in [1.807, 2.05) is 18.2 Å². The molecule has 1 aromatic heterocycles. The van der Waals surface area contributed by atoms with Gasteiger partial charge in [0.15, 0.2) is 0 Å². The molecule has 82 valence electrons. The van der Waals surface area contributed by atoms with E-state index >= 15 is 0 Å². The van der Waals surface area contributed by atoms with Gasteiger partial charge in [-0.25, -0.2) is 0 Å². The lowest BCUT2D eigenvalue weighted by molar-refractivity contribution is 0.925. The molecule has 1 heterocycles. The van der Waals surface area contributed by atoms with E-state index in [1.165, 1.54) is 0 Å². The molecule has 4 nitrogen and oxygen atoms in total. The van der Waals surface area contributed by atoms with Crippen molar-refractivity contribution in [2.75, 3.05) is 11.1 Å². The van der Waals surface area contributed by atoms with Crippen LogP contribution in [0.3, 0.4) is 0 Å². The van der Waals surface area contributed by atoms with Crippen LogP contribution in [0.1, 0.15) is 5.69 Å². The number of nitrogens with zero attached hydrogens (tertiary/aromatic N) is 2. The van der Waals surface area contributed by atoms with Crippen molar-refractivity contribution < 1.29 is 0 Å². The number of aromatic nitrogens is 2. The fourth-order valence-corrected chi connectivity index (χ4v) is 1.58. The van der Waals surface area contributed by atoms with E-state index in [1.54, 1.807) is 18.3 Å². The van der Waals surface area contributed by atoms with Gasteiger partial charge in [-0.2, -0.15) is 10.2 Å². The van der Waals surface area contributed by atoms with Gasteiger partial charge in [-0.1, -0.05) is 17.7 Å². The molecule has 0 bridgehead atoms. The molecular formula is C11H11ClN4. The van der Waals surface area contributed by atoms with Crippen LogP contribution in [0.4, 0.5) is 11.4 Å². The van der Waals surface area contributed by atoms with Crippen LogP contribution in [-0.4, -0.2) is 10.2 Å². The summed E-state index contributed by atoms with van der Waals surface area (Å²) in [6.45, 7) is 0.543. The quantitative estimate of drug-likeness (QED) is 0.800. The number of benzene rings is 1. The third-order valence-electron chi connectivity index (χ3n) is 2.12. The highest BCUT2D eigenvalue weighted by molar-refractivity contribution is 6.33. The Balaban J connectivity index is 2.11. The van der Waals surface area contributed by atoms with E-state index in [-0.39, 0.29) is 0 Å². The lowest BCUT2D eigenvalue weighted by Gasteiger charge is -2.10. The summed E-state index contributed by atoms with van der Waals surface area (Å²) in [4.78, 5) is 0. The summed E-state index contributed by atoms with van der Waals surface area (Å²) in [7, 11) is 0. The third kappa shape index (κ3) is 2.41. The molecule has 0 aliphatic heterocycles. The van der Waals surface area contributed by atoms with Gasteiger partial charge in [0.05, 0.1) is 28.6 Å². The maximum atomic E-state index is 6.02. The SMILES string of the molecule is Nc1cccc(Cl)c1NCc1cccnn1. The number of nitrogen functional groups attached to an aromatic ring is 1. The molecule has 2 rings (SSSR count). The lowest BCUT2D eigenvalue weighted by atomic mass is 10.2. The summed E-state index contributed by atoms with van der Waals surface area (Å²) in [5.74, 6) is 0. The standard InChI is InChI=1S/C11H11ClN4/c12-9-4-1-5-10(13)11(9)14-7-8-3-2-6-15-16-8/h1-6,14H,7,13H2. The van der Waals surface area contributed by atoms with Crippen molar-refractivity contribution >= 4 is 23.0 Å². The summed E-state index contributed by atoms with van der Waals surface area (Å²) in [5.41, 5.74) is 7.99. The van der Waals surface area contributed by atoms with E-state index < -0.39 is 0 Å². The number of nitrogens with one attached hydrogen (secondary N) is 1. The minimum Gasteiger partial charge on any atom is -0.397 e. The van der Waals surface area contributed by atoms with Crippen LogP contribution in [0.25, 0.3) is 0 Å². The zero-order chi connectivity index (χ0) is 11.4. The normalized spacial score (nSPS) is 10.1. The molecule has 0 saturated carbocycles. The number of para-hydroxylation sites is 1. The van der Waals surface area contributed by atoms with Crippen LogP contribution in [-0.2, 0) is 6.54 Å². The summed E-state index contributed by atoms with van der Waals surface area (Å²) < 4.78 is 0. The van der Waals surface area contributed by atoms with Crippen molar-refractivity contribution in [2.45, 2.75) is 6.54 Å². The van der Waals surface area contributed by atoms with Crippen molar-refractivity contribution in [1.29, 1.82) is 0 Å². The van der Waals surface area contributed by atoms with Gasteiger partial charge in [-0.3, -0.25) is 0 Å². The number of anilines is 2. The first-order valence-electron chi connectivity index (χ1n) is 4.82. The van der Waals surface area contributed by atoms with Crippen molar-refractivity contribution in [3.63, 3.8) is 0 Å². The van der Waals surface area contributed by atoms with Crippen LogP contribution in [0.5, 0.6) is 0 Å². The maximum Gasteiger partial charge on any atom is 0.0821 e. The van der Waals surface area contributed by atoms with Gasteiger partial charge < -0.3 is 11.1 Å². The molecule has 0 amide bonds. The Morgan fingerprint density at radius 1 is 1.25 bits per heavy atom. The van der Waals surface area contributed by atoms with E-state index in [4.69, 9.17) is 17.3 Å². The Labute approximate surface area is 98.5 Å². The Kier molecular flexibility index (Phi) is 3.22. The number of rotatable bonds is 3. The largest absolute Gasteiger partial charge is 0.397 e. The van der Waals surface area contributed by atoms with E-state index in [2.05, 4.69) is 15.5 Å². The molecule has 0 unspecified atom stereocenters. The maximum absolute atomic E-state index is 6.02. The molecule has 0 fully saturated rings. The van der Waals surface area contributed by atoms with Gasteiger partial charge in [0.25, 0.3) is 0 Å². The minimum absolute atomic E-state index is 0.543. The molecule has 1 aromatic carbocycles. The highest BCUT2D eigenvalue weighted by Crippen LogP contribution is 2.27. The first-order chi connectivity index (χ1) is 7.77. The molecule has 3 N–H and O–H groups in total. The Morgan fingerprint density at radius 2 is 2.12 bits per heavy atom. The summed E-state index contributed by atoms with van der Waals surface area (Å²) in [6, 6.07) is 9.11. The van der Waals surface area contributed by atoms with Gasteiger partial charge >= 0.3 is 0 Å². The van der Waals surface area contributed by atoms with Crippen LogP contribution in [0.2, 0.25) is 5.02 Å². The van der Waals surface area contributed by atoms with Crippen LogP contribution in [0.15, 0.2) is 36.5 Å².